The number of nitrogens with one attached hydrogen (secondary N) is 1. The van der Waals surface area contributed by atoms with Crippen molar-refractivity contribution in [3.8, 4) is 0 Å². The van der Waals surface area contributed by atoms with Crippen molar-refractivity contribution in [2.24, 2.45) is 5.41 Å². The number of hydrogen-bond donors (Lipinski definition) is 1. The van der Waals surface area contributed by atoms with Gasteiger partial charge in [-0.25, -0.2) is 4.79 Å². The summed E-state index contributed by atoms with van der Waals surface area (Å²) < 4.78 is 5.49. The third-order valence-electron chi connectivity index (χ3n) is 4.36. The average Bonchev–Trinajstić information content (AvgIpc) is 3.05. The number of amides is 2. The lowest BCUT2D eigenvalue weighted by molar-refractivity contribution is 0.154. The predicted octanol–water partition coefficient (Wildman–Crippen LogP) is 3.29. The highest BCUT2D eigenvalue weighted by molar-refractivity contribution is 6.33. The lowest BCUT2D eigenvalue weighted by Crippen LogP contribution is -2.35. The number of rotatable bonds is 1. The summed E-state index contributed by atoms with van der Waals surface area (Å²) in [5.74, 6) is 0. The Labute approximate surface area is 124 Å². The van der Waals surface area contributed by atoms with Gasteiger partial charge in [-0.15, -0.1) is 0 Å². The Morgan fingerprint density at radius 2 is 2.30 bits per heavy atom. The lowest BCUT2D eigenvalue weighted by atomic mass is 9.87. The molecule has 20 heavy (non-hydrogen) atoms. The first-order chi connectivity index (χ1) is 9.60. The molecule has 2 heterocycles. The second-order valence-electron chi connectivity index (χ2n) is 5.84. The van der Waals surface area contributed by atoms with Gasteiger partial charge in [0.25, 0.3) is 0 Å². The zero-order chi connectivity index (χ0) is 14.2. The second kappa shape index (κ2) is 5.26. The van der Waals surface area contributed by atoms with Gasteiger partial charge in [-0.3, -0.25) is 0 Å². The van der Waals surface area contributed by atoms with Crippen molar-refractivity contribution in [1.29, 1.82) is 0 Å². The van der Waals surface area contributed by atoms with E-state index in [1.807, 2.05) is 24.0 Å². The van der Waals surface area contributed by atoms with Crippen LogP contribution in [0.25, 0.3) is 0 Å². The minimum atomic E-state index is -0.0648. The summed E-state index contributed by atoms with van der Waals surface area (Å²) in [6.45, 7) is 5.11. The van der Waals surface area contributed by atoms with Crippen LogP contribution in [0.1, 0.15) is 18.4 Å². The van der Waals surface area contributed by atoms with Crippen molar-refractivity contribution < 1.29 is 9.53 Å². The van der Waals surface area contributed by atoms with Crippen LogP contribution in [0.4, 0.5) is 10.5 Å². The first kappa shape index (κ1) is 13.7. The van der Waals surface area contributed by atoms with Crippen LogP contribution < -0.4 is 5.32 Å². The number of anilines is 1. The van der Waals surface area contributed by atoms with Gasteiger partial charge in [0.15, 0.2) is 0 Å². The van der Waals surface area contributed by atoms with E-state index >= 15 is 0 Å². The van der Waals surface area contributed by atoms with Gasteiger partial charge < -0.3 is 15.0 Å². The number of aryl methyl sites for hydroxylation is 1. The van der Waals surface area contributed by atoms with E-state index < -0.39 is 0 Å². The summed E-state index contributed by atoms with van der Waals surface area (Å²) in [4.78, 5) is 14.2. The van der Waals surface area contributed by atoms with Crippen molar-refractivity contribution >= 4 is 23.3 Å². The van der Waals surface area contributed by atoms with E-state index in [9.17, 15) is 4.79 Å². The maximum atomic E-state index is 12.4. The number of para-hydroxylation sites is 1. The average molecular weight is 295 g/mol. The molecule has 0 aromatic heterocycles. The molecule has 0 saturated carbocycles. The van der Waals surface area contributed by atoms with Crippen LogP contribution in [0, 0.1) is 12.3 Å². The monoisotopic (exact) mass is 294 g/mol. The molecular formula is C15H19ClN2O2. The van der Waals surface area contributed by atoms with E-state index in [4.69, 9.17) is 16.3 Å². The van der Waals surface area contributed by atoms with Crippen LogP contribution in [0.15, 0.2) is 18.2 Å². The molecule has 1 aromatic carbocycles. The van der Waals surface area contributed by atoms with Crippen LogP contribution in [0.2, 0.25) is 5.02 Å². The fraction of sp³-hybridized carbons (Fsp3) is 0.533. The zero-order valence-electron chi connectivity index (χ0n) is 11.6. The van der Waals surface area contributed by atoms with Crippen molar-refractivity contribution in [1.82, 2.24) is 4.90 Å². The molecule has 2 amide bonds. The summed E-state index contributed by atoms with van der Waals surface area (Å²) in [6.07, 6.45) is 2.09. The fourth-order valence-electron chi connectivity index (χ4n) is 3.06. The van der Waals surface area contributed by atoms with E-state index in [-0.39, 0.29) is 11.4 Å². The SMILES string of the molecule is Cc1cccc(Cl)c1NC(=O)N1CC[C@@]2(CCOC2)C1. The van der Waals surface area contributed by atoms with E-state index in [1.165, 1.54) is 0 Å². The van der Waals surface area contributed by atoms with Crippen molar-refractivity contribution in [2.45, 2.75) is 19.8 Å². The highest BCUT2D eigenvalue weighted by Crippen LogP contribution is 2.38. The maximum absolute atomic E-state index is 12.4. The van der Waals surface area contributed by atoms with Gasteiger partial charge in [-0.1, -0.05) is 23.7 Å². The van der Waals surface area contributed by atoms with Crippen LogP contribution in [-0.2, 0) is 4.74 Å². The minimum Gasteiger partial charge on any atom is -0.381 e. The molecule has 1 spiro atoms. The quantitative estimate of drug-likeness (QED) is 0.863. The molecule has 0 aliphatic carbocycles. The Morgan fingerprint density at radius 1 is 1.45 bits per heavy atom. The van der Waals surface area contributed by atoms with Crippen LogP contribution >= 0.6 is 11.6 Å². The third kappa shape index (κ3) is 2.50. The number of ether oxygens (including phenoxy) is 1. The lowest BCUT2D eigenvalue weighted by Gasteiger charge is -2.22. The summed E-state index contributed by atoms with van der Waals surface area (Å²) in [6, 6.07) is 5.55. The molecule has 3 rings (SSSR count). The van der Waals surface area contributed by atoms with Gasteiger partial charge in [0.2, 0.25) is 0 Å². The first-order valence-electron chi connectivity index (χ1n) is 6.98. The van der Waals surface area contributed by atoms with Crippen LogP contribution in [0.5, 0.6) is 0 Å². The molecule has 1 N–H and O–H groups in total. The molecule has 2 fully saturated rings. The molecular weight excluding hydrogens is 276 g/mol. The number of likely N-dealkylation sites (tertiary alicyclic amines) is 1. The Kier molecular flexibility index (Phi) is 3.61. The molecule has 2 saturated heterocycles. The molecule has 2 aliphatic heterocycles. The van der Waals surface area contributed by atoms with E-state index in [0.717, 1.165) is 44.7 Å². The number of halogens is 1. The molecule has 2 aliphatic rings. The largest absolute Gasteiger partial charge is 0.381 e. The molecule has 1 atom stereocenters. The molecule has 0 radical (unpaired) electrons. The summed E-state index contributed by atoms with van der Waals surface area (Å²) in [7, 11) is 0. The van der Waals surface area contributed by atoms with E-state index in [0.29, 0.717) is 10.7 Å². The Bertz CT molecular complexity index is 506. The van der Waals surface area contributed by atoms with E-state index in [2.05, 4.69) is 5.32 Å². The summed E-state index contributed by atoms with van der Waals surface area (Å²) in [5, 5.41) is 3.52. The fourth-order valence-corrected chi connectivity index (χ4v) is 3.33. The molecule has 5 heteroatoms. The predicted molar refractivity (Wildman–Crippen MR) is 79.3 cm³/mol. The standard InChI is InChI=1S/C15H19ClN2O2/c1-11-3-2-4-12(16)13(11)17-14(19)18-7-5-15(9-18)6-8-20-10-15/h2-4H,5-10H2,1H3,(H,17,19)/t15-/m1/s1. The van der Waals surface area contributed by atoms with Gasteiger partial charge >= 0.3 is 6.03 Å². The summed E-state index contributed by atoms with van der Waals surface area (Å²) in [5.41, 5.74) is 1.87. The number of benzene rings is 1. The smallest absolute Gasteiger partial charge is 0.321 e. The third-order valence-corrected chi connectivity index (χ3v) is 4.68. The molecule has 0 unspecified atom stereocenters. The van der Waals surface area contributed by atoms with Crippen molar-refractivity contribution in [2.75, 3.05) is 31.6 Å². The van der Waals surface area contributed by atoms with Gasteiger partial charge in [-0.2, -0.15) is 0 Å². The first-order valence-corrected chi connectivity index (χ1v) is 7.36. The summed E-state index contributed by atoms with van der Waals surface area (Å²) >= 11 is 6.15. The number of nitrogens with zero attached hydrogens (tertiary/aromatic N) is 1. The number of urea groups is 1. The Hall–Kier alpha value is -1.26. The zero-order valence-corrected chi connectivity index (χ0v) is 12.4. The normalized spacial score (nSPS) is 25.4. The number of carbonyl (C=O) groups excluding carboxylic acids is 1. The molecule has 1 aromatic rings. The Morgan fingerprint density at radius 3 is 3.00 bits per heavy atom. The van der Waals surface area contributed by atoms with Crippen LogP contribution in [0.3, 0.4) is 0 Å². The highest BCUT2D eigenvalue weighted by Gasteiger charge is 2.42. The molecule has 4 nitrogen and oxygen atoms in total. The minimum absolute atomic E-state index is 0.0648. The maximum Gasteiger partial charge on any atom is 0.321 e. The molecule has 0 bridgehead atoms. The van der Waals surface area contributed by atoms with Crippen molar-refractivity contribution in [3.05, 3.63) is 28.8 Å². The molecule has 108 valence electrons. The van der Waals surface area contributed by atoms with Gasteiger partial charge in [0.1, 0.15) is 0 Å². The van der Waals surface area contributed by atoms with Crippen molar-refractivity contribution in [3.63, 3.8) is 0 Å². The van der Waals surface area contributed by atoms with Gasteiger partial charge in [-0.05, 0) is 31.4 Å². The van der Waals surface area contributed by atoms with Gasteiger partial charge in [0, 0.05) is 25.1 Å². The van der Waals surface area contributed by atoms with Crippen LogP contribution in [-0.4, -0.2) is 37.2 Å². The topological polar surface area (TPSA) is 41.6 Å². The van der Waals surface area contributed by atoms with E-state index in [1.54, 1.807) is 6.07 Å². The Balaban J connectivity index is 1.68. The van der Waals surface area contributed by atoms with Gasteiger partial charge in [0.05, 0.1) is 17.3 Å². The number of carbonyl (C=O) groups is 1. The second-order valence-corrected chi connectivity index (χ2v) is 6.24. The number of hydrogen-bond acceptors (Lipinski definition) is 2. The highest BCUT2D eigenvalue weighted by atomic mass is 35.5.